The minimum absolute atomic E-state index is 0. The van der Waals surface area contributed by atoms with Crippen LogP contribution in [0.15, 0.2) is 0 Å². The molecule has 1 unspecified atom stereocenters. The Labute approximate surface area is 402 Å². The van der Waals surface area contributed by atoms with Crippen LogP contribution < -0.4 is 39.3 Å². The highest BCUT2D eigenvalue weighted by atomic mass is 79.9. The van der Waals surface area contributed by atoms with Gasteiger partial charge in [0.05, 0.1) is 41.3 Å². The number of amides is 1. The molecule has 368 valence electrons. The molecule has 0 heterocycles. The lowest BCUT2D eigenvalue weighted by molar-refractivity contribution is -0.890. The molecule has 0 aliphatic carbocycles. The minimum Gasteiger partial charge on any atom is -1.00 e. The van der Waals surface area contributed by atoms with Gasteiger partial charge < -0.3 is 57.7 Å². The summed E-state index contributed by atoms with van der Waals surface area (Å²) in [5, 5.41) is 2.98. The first-order valence-electron chi connectivity index (χ1n) is 25.9. The number of unbranched alkanes of at least 4 members (excludes halogenated alkanes) is 26. The second-order valence-electron chi connectivity index (χ2n) is 21.0. The van der Waals surface area contributed by atoms with Crippen LogP contribution in [0.5, 0.6) is 0 Å². The van der Waals surface area contributed by atoms with Crippen LogP contribution >= 0.6 is 0 Å². The number of nitrogens with zero attached hydrogens (tertiary/aromatic N) is 2. The number of hydrogen-bond donors (Lipinski definition) is 1. The molecule has 0 bridgehead atoms. The molecule has 1 N–H and O–H groups in total. The number of carbonyl (C=O) groups is 2. The van der Waals surface area contributed by atoms with E-state index in [0.29, 0.717) is 32.1 Å². The van der Waals surface area contributed by atoms with Gasteiger partial charge in [0.15, 0.2) is 0 Å². The lowest BCUT2D eigenvalue weighted by Crippen LogP contribution is -3.00. The van der Waals surface area contributed by atoms with E-state index in [2.05, 4.69) is 68.1 Å². The second kappa shape index (κ2) is 43.5. The maximum Gasteiger partial charge on any atom is 0.407 e. The molecule has 0 aromatic carbocycles. The highest BCUT2D eigenvalue weighted by molar-refractivity contribution is 5.69. The molecule has 0 aromatic rings. The van der Waals surface area contributed by atoms with Crippen molar-refractivity contribution in [2.45, 2.75) is 240 Å². The summed E-state index contributed by atoms with van der Waals surface area (Å²) >= 11 is 0. The van der Waals surface area contributed by atoms with Crippen molar-refractivity contribution in [1.82, 2.24) is 5.32 Å². The average molecular weight is 998 g/mol. The second-order valence-corrected chi connectivity index (χ2v) is 21.0. The Balaban J connectivity index is -0.0000168. The largest absolute Gasteiger partial charge is 1.00 e. The lowest BCUT2D eigenvalue weighted by Gasteiger charge is -2.30. The lowest BCUT2D eigenvalue weighted by atomic mass is 9.81. The van der Waals surface area contributed by atoms with Crippen molar-refractivity contribution in [3.05, 3.63) is 0 Å². The predicted molar refractivity (Wildman–Crippen MR) is 256 cm³/mol. The Morgan fingerprint density at radius 3 is 1.18 bits per heavy atom. The van der Waals surface area contributed by atoms with Crippen molar-refractivity contribution in [3.63, 3.8) is 0 Å². The first-order valence-corrected chi connectivity index (χ1v) is 25.9. The number of hydrogen-bond acceptors (Lipinski definition) is 4. The van der Waals surface area contributed by atoms with Crippen molar-refractivity contribution in [1.29, 1.82) is 0 Å². The fraction of sp³-hybridized carbons (Fsp3) is 0.962. The van der Waals surface area contributed by atoms with Crippen LogP contribution in [-0.4, -0.2) is 95.2 Å². The summed E-state index contributed by atoms with van der Waals surface area (Å²) in [5.41, 5.74) is 0.0491. The van der Waals surface area contributed by atoms with Crippen LogP contribution in [-0.2, 0) is 14.3 Å². The third kappa shape index (κ3) is 47.4. The van der Waals surface area contributed by atoms with E-state index in [4.69, 9.17) is 9.47 Å². The van der Waals surface area contributed by atoms with Crippen molar-refractivity contribution in [3.8, 4) is 0 Å². The van der Waals surface area contributed by atoms with Crippen LogP contribution in [0.1, 0.15) is 240 Å². The quantitative estimate of drug-likeness (QED) is 0.0378. The van der Waals surface area contributed by atoms with Crippen LogP contribution in [0, 0.1) is 11.3 Å². The van der Waals surface area contributed by atoms with Gasteiger partial charge in [0.25, 0.3) is 0 Å². The highest BCUT2D eigenvalue weighted by Gasteiger charge is 2.22. The van der Waals surface area contributed by atoms with Crippen LogP contribution in [0.25, 0.3) is 0 Å². The number of quaternary nitrogens is 2. The molecule has 0 radical (unpaired) electrons. The summed E-state index contributed by atoms with van der Waals surface area (Å²) in [6, 6.07) is 0. The summed E-state index contributed by atoms with van der Waals surface area (Å²) in [6.07, 6.45) is 41.7. The first kappa shape index (κ1) is 64.9. The smallest absolute Gasteiger partial charge is 0.407 e. The topological polar surface area (TPSA) is 64.6 Å². The summed E-state index contributed by atoms with van der Waals surface area (Å²) in [7, 11) is 9.01. The van der Waals surface area contributed by atoms with Crippen LogP contribution in [0.2, 0.25) is 0 Å². The molecule has 0 aliphatic rings. The summed E-state index contributed by atoms with van der Waals surface area (Å²) in [6.45, 7) is 16.8. The zero-order valence-electron chi connectivity index (χ0n) is 42.4. The Bertz CT molecular complexity index is 965. The molecule has 61 heavy (non-hydrogen) atoms. The molecule has 1 amide bonds. The molecule has 1 atom stereocenters. The van der Waals surface area contributed by atoms with Gasteiger partial charge in [-0.25, -0.2) is 4.79 Å². The normalized spacial score (nSPS) is 12.4. The first-order chi connectivity index (χ1) is 28.2. The van der Waals surface area contributed by atoms with E-state index in [0.717, 1.165) is 54.4 Å². The van der Waals surface area contributed by atoms with Gasteiger partial charge in [-0.1, -0.05) is 189 Å². The standard InChI is InChI=1S/C52H106N3O4.2BrH/c1-10-12-14-16-18-20-22-24-26-28-30-32-34-36-42-54(6,7)44-46-58-50(56)39-41-52(4,5)40-38-49(3)48-53-51(57)59-47-45-55(8,9)43-37-35-33-31-29-27-25-23-21-19-17-15-13-11-2;;/h49H,10-48H2,1-9H3;2*1H/q+1;;/p-1. The van der Waals surface area contributed by atoms with Gasteiger partial charge in [0.2, 0.25) is 0 Å². The molecule has 0 aliphatic heterocycles. The number of carbonyl (C=O) groups excluding carboxylic acids is 2. The van der Waals surface area contributed by atoms with Crippen LogP contribution in [0.4, 0.5) is 4.79 Å². The van der Waals surface area contributed by atoms with E-state index in [9.17, 15) is 9.59 Å². The number of likely N-dealkylation sites (N-methyl/N-ethyl adjacent to an activating group) is 2. The molecular weight excluding hydrogens is 890 g/mol. The average Bonchev–Trinajstić information content (AvgIpc) is 3.18. The van der Waals surface area contributed by atoms with Gasteiger partial charge in [-0.15, -0.1) is 0 Å². The fourth-order valence-electron chi connectivity index (χ4n) is 8.17. The van der Waals surface area contributed by atoms with Crippen molar-refractivity contribution < 1.29 is 62.0 Å². The van der Waals surface area contributed by atoms with Gasteiger partial charge in [0, 0.05) is 13.0 Å². The number of halogens is 2. The van der Waals surface area contributed by atoms with Gasteiger partial charge in [0.1, 0.15) is 26.3 Å². The Kier molecular flexibility index (Phi) is 46.3. The molecule has 0 rings (SSSR count). The highest BCUT2D eigenvalue weighted by Crippen LogP contribution is 2.30. The molecule has 9 heteroatoms. The number of rotatable bonds is 44. The zero-order valence-corrected chi connectivity index (χ0v) is 45.6. The maximum atomic E-state index is 12.6. The number of ether oxygens (including phenoxy) is 2. The van der Waals surface area contributed by atoms with Crippen molar-refractivity contribution in [2.75, 3.05) is 74.1 Å². The molecule has 0 aromatic heterocycles. The Morgan fingerprint density at radius 1 is 0.492 bits per heavy atom. The molecule has 0 saturated carbocycles. The predicted octanol–water partition coefficient (Wildman–Crippen LogP) is 8.60. The van der Waals surface area contributed by atoms with E-state index < -0.39 is 0 Å². The number of alkyl carbamates (subject to hydrolysis) is 1. The summed E-state index contributed by atoms with van der Waals surface area (Å²) in [4.78, 5) is 25.0. The SMILES string of the molecule is CCCCCCCCCCCCCCCC[N+](C)(C)CCOC(=O)CCC(C)(C)CCC(C)CNC(=O)OCC[N+](C)(C)CCCCCCCCCCCCCCCC.[Br-].[Br-]. The molecule has 0 spiro atoms. The molecular formula is C52H107Br2N3O4. The van der Waals surface area contributed by atoms with Crippen molar-refractivity contribution >= 4 is 12.1 Å². The third-order valence-electron chi connectivity index (χ3n) is 13.0. The van der Waals surface area contributed by atoms with Gasteiger partial charge in [-0.3, -0.25) is 4.79 Å². The maximum absolute atomic E-state index is 12.6. The molecule has 0 fully saturated rings. The minimum atomic E-state index is -0.309. The number of nitrogens with one attached hydrogen (secondary N) is 1. The third-order valence-corrected chi connectivity index (χ3v) is 13.0. The van der Waals surface area contributed by atoms with E-state index in [-0.39, 0.29) is 51.4 Å². The van der Waals surface area contributed by atoms with E-state index in [1.807, 2.05) is 0 Å². The van der Waals surface area contributed by atoms with Gasteiger partial charge in [-0.2, -0.15) is 0 Å². The summed E-state index contributed by atoms with van der Waals surface area (Å²) in [5.74, 6) is 0.273. The zero-order chi connectivity index (χ0) is 43.9. The Hall–Kier alpha value is -0.380. The summed E-state index contributed by atoms with van der Waals surface area (Å²) < 4.78 is 13.0. The fourth-order valence-corrected chi connectivity index (χ4v) is 8.17. The van der Waals surface area contributed by atoms with Crippen molar-refractivity contribution in [2.24, 2.45) is 11.3 Å². The monoisotopic (exact) mass is 996 g/mol. The van der Waals surface area contributed by atoms with E-state index in [1.165, 1.54) is 180 Å². The van der Waals surface area contributed by atoms with Crippen LogP contribution in [0.3, 0.4) is 0 Å². The van der Waals surface area contributed by atoms with E-state index >= 15 is 0 Å². The number of esters is 1. The Morgan fingerprint density at radius 2 is 0.820 bits per heavy atom. The van der Waals surface area contributed by atoms with Gasteiger partial charge in [-0.05, 0) is 56.3 Å². The van der Waals surface area contributed by atoms with Gasteiger partial charge >= 0.3 is 12.1 Å². The molecule has 0 saturated heterocycles. The van der Waals surface area contributed by atoms with E-state index in [1.54, 1.807) is 0 Å². The molecule has 7 nitrogen and oxygen atoms in total.